The van der Waals surface area contributed by atoms with E-state index in [0.717, 1.165) is 22.0 Å². The van der Waals surface area contributed by atoms with E-state index in [1.165, 1.54) is 0 Å². The molecule has 0 unspecified atom stereocenters. The fourth-order valence-corrected chi connectivity index (χ4v) is 2.94. The molecule has 0 aliphatic carbocycles. The van der Waals surface area contributed by atoms with Gasteiger partial charge in [-0.1, -0.05) is 30.3 Å². The van der Waals surface area contributed by atoms with Crippen LogP contribution in [0.1, 0.15) is 16.1 Å². The maximum Gasteiger partial charge on any atom is 0.251 e. The van der Waals surface area contributed by atoms with Gasteiger partial charge in [-0.25, -0.2) is 4.98 Å². The number of aromatic nitrogens is 1. The number of hydrogen-bond donors (Lipinski definition) is 1. The Morgan fingerprint density at radius 2 is 1.87 bits per heavy atom. The van der Waals surface area contributed by atoms with Crippen molar-refractivity contribution in [3.05, 3.63) is 71.2 Å². The Labute approximate surface area is 138 Å². The Balaban J connectivity index is 1.62. The summed E-state index contributed by atoms with van der Waals surface area (Å²) in [6.07, 6.45) is 0. The quantitative estimate of drug-likeness (QED) is 0.777. The molecule has 2 aromatic carbocycles. The molecular formula is C18H16N2O2S. The summed E-state index contributed by atoms with van der Waals surface area (Å²) in [6, 6.07) is 17.0. The fourth-order valence-electron chi connectivity index (χ4n) is 2.12. The first kappa shape index (κ1) is 15.2. The minimum absolute atomic E-state index is 0.123. The molecule has 3 rings (SSSR count). The summed E-state index contributed by atoms with van der Waals surface area (Å²) >= 11 is 1.58. The Morgan fingerprint density at radius 1 is 1.13 bits per heavy atom. The molecule has 0 saturated heterocycles. The molecule has 1 heterocycles. The van der Waals surface area contributed by atoms with E-state index in [4.69, 9.17) is 4.74 Å². The summed E-state index contributed by atoms with van der Waals surface area (Å²) in [7, 11) is 1.60. The molecule has 1 N–H and O–H groups in total. The minimum atomic E-state index is -0.123. The van der Waals surface area contributed by atoms with Crippen LogP contribution in [-0.4, -0.2) is 18.0 Å². The van der Waals surface area contributed by atoms with Gasteiger partial charge in [0.05, 0.1) is 19.3 Å². The van der Waals surface area contributed by atoms with Crippen molar-refractivity contribution in [1.82, 2.24) is 10.3 Å². The van der Waals surface area contributed by atoms with Gasteiger partial charge in [0.2, 0.25) is 0 Å². The molecule has 1 aromatic heterocycles. The third-order valence-corrected chi connectivity index (χ3v) is 4.29. The van der Waals surface area contributed by atoms with Gasteiger partial charge >= 0.3 is 0 Å². The molecule has 116 valence electrons. The standard InChI is InChI=1S/C18H16N2O2S/c1-22-16-9-7-13(8-10-16)17(21)19-11-15-12-23-18(20-15)14-5-3-2-4-6-14/h2-10,12H,11H2,1H3,(H,19,21). The van der Waals surface area contributed by atoms with Crippen LogP contribution >= 0.6 is 11.3 Å². The zero-order chi connectivity index (χ0) is 16.1. The second-order valence-corrected chi connectivity index (χ2v) is 5.78. The molecule has 0 aliphatic heterocycles. The molecule has 0 aliphatic rings. The molecule has 5 heteroatoms. The largest absolute Gasteiger partial charge is 0.497 e. The monoisotopic (exact) mass is 324 g/mol. The molecule has 0 atom stereocenters. The van der Waals surface area contributed by atoms with E-state index in [-0.39, 0.29) is 5.91 Å². The van der Waals surface area contributed by atoms with Crippen LogP contribution in [0.5, 0.6) is 5.75 Å². The number of hydrogen-bond acceptors (Lipinski definition) is 4. The predicted octanol–water partition coefficient (Wildman–Crippen LogP) is 3.75. The number of carbonyl (C=O) groups excluding carboxylic acids is 1. The number of rotatable bonds is 5. The van der Waals surface area contributed by atoms with Gasteiger partial charge in [0.15, 0.2) is 0 Å². The molecule has 1 amide bonds. The molecule has 23 heavy (non-hydrogen) atoms. The van der Waals surface area contributed by atoms with Crippen LogP contribution in [0.4, 0.5) is 0 Å². The highest BCUT2D eigenvalue weighted by atomic mass is 32.1. The van der Waals surface area contributed by atoms with Crippen LogP contribution < -0.4 is 10.1 Å². The van der Waals surface area contributed by atoms with E-state index in [2.05, 4.69) is 10.3 Å². The Bertz CT molecular complexity index is 782. The van der Waals surface area contributed by atoms with Crippen LogP contribution in [0.2, 0.25) is 0 Å². The van der Waals surface area contributed by atoms with E-state index in [1.807, 2.05) is 35.7 Å². The number of carbonyl (C=O) groups is 1. The number of ether oxygens (including phenoxy) is 1. The van der Waals surface area contributed by atoms with Gasteiger partial charge in [-0.3, -0.25) is 4.79 Å². The average Bonchev–Trinajstić information content (AvgIpc) is 3.09. The lowest BCUT2D eigenvalue weighted by atomic mass is 10.2. The highest BCUT2D eigenvalue weighted by molar-refractivity contribution is 7.13. The lowest BCUT2D eigenvalue weighted by Gasteiger charge is -2.04. The summed E-state index contributed by atoms with van der Waals surface area (Å²) in [5.74, 6) is 0.607. The van der Waals surface area contributed by atoms with Gasteiger partial charge in [-0.05, 0) is 24.3 Å². The Morgan fingerprint density at radius 3 is 2.57 bits per heavy atom. The topological polar surface area (TPSA) is 51.2 Å². The highest BCUT2D eigenvalue weighted by Crippen LogP contribution is 2.23. The predicted molar refractivity (Wildman–Crippen MR) is 91.7 cm³/mol. The Kier molecular flexibility index (Phi) is 4.68. The van der Waals surface area contributed by atoms with E-state index in [0.29, 0.717) is 12.1 Å². The number of amides is 1. The summed E-state index contributed by atoms with van der Waals surface area (Å²) in [4.78, 5) is 16.7. The lowest BCUT2D eigenvalue weighted by Crippen LogP contribution is -2.22. The number of benzene rings is 2. The van der Waals surface area contributed by atoms with Gasteiger partial charge in [-0.2, -0.15) is 0 Å². The van der Waals surface area contributed by atoms with Crippen molar-refractivity contribution in [2.75, 3.05) is 7.11 Å². The fraction of sp³-hybridized carbons (Fsp3) is 0.111. The molecule has 0 fully saturated rings. The molecule has 0 spiro atoms. The molecule has 0 bridgehead atoms. The third-order valence-electron chi connectivity index (χ3n) is 3.35. The van der Waals surface area contributed by atoms with Crippen molar-refractivity contribution in [2.45, 2.75) is 6.54 Å². The molecular weight excluding hydrogens is 308 g/mol. The first-order valence-corrected chi connectivity index (χ1v) is 8.06. The first-order valence-electron chi connectivity index (χ1n) is 7.18. The zero-order valence-electron chi connectivity index (χ0n) is 12.7. The van der Waals surface area contributed by atoms with Crippen molar-refractivity contribution in [3.63, 3.8) is 0 Å². The second-order valence-electron chi connectivity index (χ2n) is 4.92. The van der Waals surface area contributed by atoms with E-state index in [9.17, 15) is 4.79 Å². The maximum absolute atomic E-state index is 12.1. The number of nitrogens with one attached hydrogen (secondary N) is 1. The number of thiazole rings is 1. The maximum atomic E-state index is 12.1. The van der Waals surface area contributed by atoms with Crippen LogP contribution in [0.25, 0.3) is 10.6 Å². The van der Waals surface area contributed by atoms with E-state index in [1.54, 1.807) is 42.7 Å². The van der Waals surface area contributed by atoms with E-state index >= 15 is 0 Å². The molecule has 4 nitrogen and oxygen atoms in total. The molecule has 0 saturated carbocycles. The minimum Gasteiger partial charge on any atom is -0.497 e. The summed E-state index contributed by atoms with van der Waals surface area (Å²) < 4.78 is 5.08. The smallest absolute Gasteiger partial charge is 0.251 e. The van der Waals surface area contributed by atoms with Gasteiger partial charge in [0, 0.05) is 16.5 Å². The summed E-state index contributed by atoms with van der Waals surface area (Å²) in [6.45, 7) is 0.411. The Hall–Kier alpha value is -2.66. The summed E-state index contributed by atoms with van der Waals surface area (Å²) in [5.41, 5.74) is 2.55. The summed E-state index contributed by atoms with van der Waals surface area (Å²) in [5, 5.41) is 5.81. The number of methoxy groups -OCH3 is 1. The second kappa shape index (κ2) is 7.07. The van der Waals surface area contributed by atoms with Crippen molar-refractivity contribution >= 4 is 17.2 Å². The van der Waals surface area contributed by atoms with Crippen molar-refractivity contribution in [1.29, 1.82) is 0 Å². The highest BCUT2D eigenvalue weighted by Gasteiger charge is 2.08. The van der Waals surface area contributed by atoms with Crippen molar-refractivity contribution < 1.29 is 9.53 Å². The van der Waals surface area contributed by atoms with Gasteiger partial charge in [0.1, 0.15) is 10.8 Å². The number of nitrogens with zero attached hydrogens (tertiary/aromatic N) is 1. The van der Waals surface area contributed by atoms with Gasteiger partial charge in [-0.15, -0.1) is 11.3 Å². The van der Waals surface area contributed by atoms with Crippen molar-refractivity contribution in [2.24, 2.45) is 0 Å². The lowest BCUT2D eigenvalue weighted by molar-refractivity contribution is 0.0950. The van der Waals surface area contributed by atoms with Crippen LogP contribution in [0, 0.1) is 0 Å². The van der Waals surface area contributed by atoms with Gasteiger partial charge < -0.3 is 10.1 Å². The molecule has 3 aromatic rings. The average molecular weight is 324 g/mol. The zero-order valence-corrected chi connectivity index (χ0v) is 13.5. The van der Waals surface area contributed by atoms with Crippen LogP contribution in [0.15, 0.2) is 60.0 Å². The van der Waals surface area contributed by atoms with Gasteiger partial charge in [0.25, 0.3) is 5.91 Å². The van der Waals surface area contributed by atoms with Crippen LogP contribution in [0.3, 0.4) is 0 Å². The van der Waals surface area contributed by atoms with E-state index < -0.39 is 0 Å². The van der Waals surface area contributed by atoms with Crippen LogP contribution in [-0.2, 0) is 6.54 Å². The van der Waals surface area contributed by atoms with Crippen molar-refractivity contribution in [3.8, 4) is 16.3 Å². The third kappa shape index (κ3) is 3.76. The SMILES string of the molecule is COc1ccc(C(=O)NCc2csc(-c3ccccc3)n2)cc1. The normalized spacial score (nSPS) is 10.3. The first-order chi connectivity index (χ1) is 11.3. The molecule has 0 radical (unpaired) electrons.